The third-order valence-corrected chi connectivity index (χ3v) is 3.94. The van der Waals surface area contributed by atoms with Crippen LogP contribution in [-0.4, -0.2) is 19.7 Å². The molecule has 0 fully saturated rings. The van der Waals surface area contributed by atoms with Crippen molar-refractivity contribution < 1.29 is 4.74 Å². The minimum Gasteiger partial charge on any atom is -0.497 e. The molecule has 1 atom stereocenters. The summed E-state index contributed by atoms with van der Waals surface area (Å²) in [6.45, 7) is 7.83. The van der Waals surface area contributed by atoms with Gasteiger partial charge in [-0.3, -0.25) is 0 Å². The number of methoxy groups -OCH3 is 1. The average Bonchev–Trinajstić information content (AvgIpc) is 2.49. The summed E-state index contributed by atoms with van der Waals surface area (Å²) >= 11 is 0. The number of hydrogen-bond acceptors (Lipinski definition) is 2. The van der Waals surface area contributed by atoms with Crippen LogP contribution in [0.15, 0.2) is 24.3 Å². The maximum Gasteiger partial charge on any atom is 0.119 e. The summed E-state index contributed by atoms with van der Waals surface area (Å²) in [5, 5.41) is 3.60. The van der Waals surface area contributed by atoms with Crippen LogP contribution >= 0.6 is 0 Å². The van der Waals surface area contributed by atoms with Gasteiger partial charge in [0, 0.05) is 6.04 Å². The average molecular weight is 291 g/mol. The molecular formula is C19H33NO. The normalized spacial score (nSPS) is 12.6. The van der Waals surface area contributed by atoms with Crippen molar-refractivity contribution in [2.75, 3.05) is 13.7 Å². The van der Waals surface area contributed by atoms with E-state index in [1.807, 2.05) is 6.07 Å². The Balaban J connectivity index is 2.52. The topological polar surface area (TPSA) is 21.3 Å². The van der Waals surface area contributed by atoms with Gasteiger partial charge in [-0.2, -0.15) is 0 Å². The van der Waals surface area contributed by atoms with Crippen molar-refractivity contribution in [3.63, 3.8) is 0 Å². The zero-order chi connectivity index (χ0) is 15.5. The number of ether oxygens (including phenoxy) is 1. The lowest BCUT2D eigenvalue weighted by Crippen LogP contribution is -2.30. The predicted molar refractivity (Wildman–Crippen MR) is 92.1 cm³/mol. The Kier molecular flexibility index (Phi) is 9.16. The SMILES string of the molecule is CCCCCCC(CNC(C)C)Cc1cccc(OC)c1. The monoisotopic (exact) mass is 291 g/mol. The van der Waals surface area contributed by atoms with E-state index in [1.165, 1.54) is 37.7 Å². The van der Waals surface area contributed by atoms with Gasteiger partial charge in [0.1, 0.15) is 5.75 Å². The zero-order valence-corrected chi connectivity index (χ0v) is 14.3. The molecule has 0 aliphatic carbocycles. The smallest absolute Gasteiger partial charge is 0.119 e. The number of rotatable bonds is 11. The van der Waals surface area contributed by atoms with E-state index in [0.717, 1.165) is 24.6 Å². The zero-order valence-electron chi connectivity index (χ0n) is 14.3. The third kappa shape index (κ3) is 8.11. The molecule has 0 heterocycles. The predicted octanol–water partition coefficient (Wildman–Crippen LogP) is 4.82. The van der Waals surface area contributed by atoms with Gasteiger partial charge in [0.05, 0.1) is 7.11 Å². The van der Waals surface area contributed by atoms with Gasteiger partial charge in [-0.1, -0.05) is 58.6 Å². The molecule has 1 N–H and O–H groups in total. The summed E-state index contributed by atoms with van der Waals surface area (Å²) in [4.78, 5) is 0. The van der Waals surface area contributed by atoms with Crippen LogP contribution in [0.3, 0.4) is 0 Å². The van der Waals surface area contributed by atoms with E-state index in [9.17, 15) is 0 Å². The van der Waals surface area contributed by atoms with E-state index < -0.39 is 0 Å². The Morgan fingerprint density at radius 1 is 1.14 bits per heavy atom. The van der Waals surface area contributed by atoms with Gasteiger partial charge in [-0.25, -0.2) is 0 Å². The molecule has 2 nitrogen and oxygen atoms in total. The first-order valence-corrected chi connectivity index (χ1v) is 8.52. The molecule has 1 unspecified atom stereocenters. The van der Waals surface area contributed by atoms with Crippen molar-refractivity contribution >= 4 is 0 Å². The molecule has 1 aromatic rings. The number of hydrogen-bond donors (Lipinski definition) is 1. The van der Waals surface area contributed by atoms with Crippen LogP contribution in [-0.2, 0) is 6.42 Å². The fraction of sp³-hybridized carbons (Fsp3) is 0.684. The van der Waals surface area contributed by atoms with Crippen LogP contribution in [0.2, 0.25) is 0 Å². The van der Waals surface area contributed by atoms with Crippen molar-refractivity contribution in [2.45, 2.75) is 65.3 Å². The minimum absolute atomic E-state index is 0.563. The lowest BCUT2D eigenvalue weighted by molar-refractivity contribution is 0.400. The Labute approximate surface area is 131 Å². The molecule has 0 saturated heterocycles. The van der Waals surface area contributed by atoms with Crippen molar-refractivity contribution in [3.05, 3.63) is 29.8 Å². The molecule has 0 aromatic heterocycles. The van der Waals surface area contributed by atoms with Crippen LogP contribution in [0, 0.1) is 5.92 Å². The van der Waals surface area contributed by atoms with Crippen LogP contribution in [0.25, 0.3) is 0 Å². The third-order valence-electron chi connectivity index (χ3n) is 3.94. The van der Waals surface area contributed by atoms with Crippen LogP contribution in [0.1, 0.15) is 58.4 Å². The highest BCUT2D eigenvalue weighted by molar-refractivity contribution is 5.28. The van der Waals surface area contributed by atoms with Crippen molar-refractivity contribution in [2.24, 2.45) is 5.92 Å². The highest BCUT2D eigenvalue weighted by atomic mass is 16.5. The van der Waals surface area contributed by atoms with E-state index in [1.54, 1.807) is 7.11 Å². The highest BCUT2D eigenvalue weighted by Crippen LogP contribution is 2.19. The molecule has 0 aliphatic heterocycles. The molecule has 2 heteroatoms. The standard InChI is InChI=1S/C19H33NO/c1-5-6-7-8-10-18(15-20-16(2)3)13-17-11-9-12-19(14-17)21-4/h9,11-12,14,16,18,20H,5-8,10,13,15H2,1-4H3. The highest BCUT2D eigenvalue weighted by Gasteiger charge is 2.11. The van der Waals surface area contributed by atoms with Gasteiger partial charge in [0.2, 0.25) is 0 Å². The lowest BCUT2D eigenvalue weighted by Gasteiger charge is -2.20. The molecule has 0 bridgehead atoms. The second-order valence-electron chi connectivity index (χ2n) is 6.33. The Hall–Kier alpha value is -1.02. The quantitative estimate of drug-likeness (QED) is 0.590. The van der Waals surface area contributed by atoms with E-state index in [-0.39, 0.29) is 0 Å². The Morgan fingerprint density at radius 3 is 2.62 bits per heavy atom. The van der Waals surface area contributed by atoms with E-state index >= 15 is 0 Å². The molecule has 1 aromatic carbocycles. The number of nitrogens with one attached hydrogen (secondary N) is 1. The van der Waals surface area contributed by atoms with Gasteiger partial charge in [-0.15, -0.1) is 0 Å². The minimum atomic E-state index is 0.563. The first-order chi connectivity index (χ1) is 10.2. The van der Waals surface area contributed by atoms with Crippen LogP contribution in [0.5, 0.6) is 5.75 Å². The van der Waals surface area contributed by atoms with E-state index in [4.69, 9.17) is 4.74 Å². The van der Waals surface area contributed by atoms with Gasteiger partial charge in [-0.05, 0) is 43.0 Å². The van der Waals surface area contributed by atoms with E-state index in [2.05, 4.69) is 44.3 Å². The maximum absolute atomic E-state index is 5.33. The van der Waals surface area contributed by atoms with Crippen LogP contribution in [0.4, 0.5) is 0 Å². The second kappa shape index (κ2) is 10.7. The molecule has 0 amide bonds. The molecule has 0 radical (unpaired) electrons. The fourth-order valence-corrected chi connectivity index (χ4v) is 2.67. The largest absolute Gasteiger partial charge is 0.497 e. The van der Waals surface area contributed by atoms with Gasteiger partial charge in [0.25, 0.3) is 0 Å². The first-order valence-electron chi connectivity index (χ1n) is 8.52. The maximum atomic E-state index is 5.33. The van der Waals surface area contributed by atoms with Crippen molar-refractivity contribution in [1.29, 1.82) is 0 Å². The summed E-state index contributed by atoms with van der Waals surface area (Å²) in [6.07, 6.45) is 7.85. The van der Waals surface area contributed by atoms with Gasteiger partial charge in [0.15, 0.2) is 0 Å². The first kappa shape index (κ1) is 18.0. The summed E-state index contributed by atoms with van der Waals surface area (Å²) in [5.41, 5.74) is 1.39. The summed E-state index contributed by atoms with van der Waals surface area (Å²) in [7, 11) is 1.74. The molecule has 0 aliphatic rings. The number of benzene rings is 1. The van der Waals surface area contributed by atoms with Gasteiger partial charge < -0.3 is 10.1 Å². The fourth-order valence-electron chi connectivity index (χ4n) is 2.67. The number of unbranched alkanes of at least 4 members (excludes halogenated alkanes) is 3. The molecule has 1 rings (SSSR count). The van der Waals surface area contributed by atoms with Gasteiger partial charge >= 0.3 is 0 Å². The summed E-state index contributed by atoms with van der Waals surface area (Å²) in [5.74, 6) is 1.69. The Morgan fingerprint density at radius 2 is 1.95 bits per heavy atom. The van der Waals surface area contributed by atoms with E-state index in [0.29, 0.717) is 6.04 Å². The lowest BCUT2D eigenvalue weighted by atomic mass is 9.93. The van der Waals surface area contributed by atoms with Crippen LogP contribution < -0.4 is 10.1 Å². The van der Waals surface area contributed by atoms with Crippen molar-refractivity contribution in [1.82, 2.24) is 5.32 Å². The molecule has 21 heavy (non-hydrogen) atoms. The molecule has 0 saturated carbocycles. The molecular weight excluding hydrogens is 258 g/mol. The summed E-state index contributed by atoms with van der Waals surface area (Å²) < 4.78 is 5.33. The second-order valence-corrected chi connectivity index (χ2v) is 6.33. The molecule has 120 valence electrons. The Bertz CT molecular complexity index is 376. The summed E-state index contributed by atoms with van der Waals surface area (Å²) in [6, 6.07) is 9.07. The van der Waals surface area contributed by atoms with Crippen molar-refractivity contribution in [3.8, 4) is 5.75 Å². The molecule has 0 spiro atoms.